The highest BCUT2D eigenvalue weighted by Crippen LogP contribution is 2.30. The smallest absolute Gasteiger partial charge is 0.140 e. The predicted molar refractivity (Wildman–Crippen MR) is 69.4 cm³/mol. The summed E-state index contributed by atoms with van der Waals surface area (Å²) < 4.78 is 13.2. The lowest BCUT2D eigenvalue weighted by Gasteiger charge is -2.21. The molecule has 0 unspecified atom stereocenters. The monoisotopic (exact) mass is 246 g/mol. The van der Waals surface area contributed by atoms with Crippen LogP contribution >= 0.6 is 0 Å². The number of hydrogen-bond acceptors (Lipinski definition) is 2. The quantitative estimate of drug-likeness (QED) is 0.770. The van der Waals surface area contributed by atoms with Gasteiger partial charge in [-0.1, -0.05) is 13.0 Å². The summed E-state index contributed by atoms with van der Waals surface area (Å²) in [4.78, 5) is 2.41. The second-order valence-corrected chi connectivity index (χ2v) is 5.10. The van der Waals surface area contributed by atoms with Crippen LogP contribution in [0.4, 0.5) is 4.39 Å². The molecular weight excluding hydrogens is 227 g/mol. The van der Waals surface area contributed by atoms with Crippen LogP contribution in [0.1, 0.15) is 37.3 Å². The summed E-state index contributed by atoms with van der Waals surface area (Å²) in [6, 6.07) is 6.75. The zero-order valence-corrected chi connectivity index (χ0v) is 10.8. The molecule has 0 aromatic heterocycles. The fourth-order valence-electron chi connectivity index (χ4n) is 2.23. The van der Waals surface area contributed by atoms with Crippen LogP contribution in [0.2, 0.25) is 0 Å². The normalized spacial score (nSPS) is 14.8. The number of hydrogen-bond donors (Lipinski definition) is 0. The molecule has 0 amide bonds. The van der Waals surface area contributed by atoms with Gasteiger partial charge in [-0.2, -0.15) is 5.26 Å². The average molecular weight is 246 g/mol. The first-order valence-electron chi connectivity index (χ1n) is 6.63. The van der Waals surface area contributed by atoms with Crippen molar-refractivity contribution in [2.24, 2.45) is 5.92 Å². The van der Waals surface area contributed by atoms with Gasteiger partial charge < -0.3 is 0 Å². The SMILES string of the molecule is CCCN(Cc1ccc(F)c(C#N)c1)CC1CC1. The van der Waals surface area contributed by atoms with Gasteiger partial charge in [0, 0.05) is 13.1 Å². The lowest BCUT2D eigenvalue weighted by molar-refractivity contribution is 0.255. The molecule has 96 valence electrons. The third-order valence-corrected chi connectivity index (χ3v) is 3.31. The van der Waals surface area contributed by atoms with E-state index >= 15 is 0 Å². The highest BCUT2D eigenvalue weighted by atomic mass is 19.1. The molecule has 1 fully saturated rings. The first kappa shape index (κ1) is 13.0. The first-order chi connectivity index (χ1) is 8.72. The van der Waals surface area contributed by atoms with Crippen molar-refractivity contribution in [3.63, 3.8) is 0 Å². The Bertz CT molecular complexity index is 446. The third-order valence-electron chi connectivity index (χ3n) is 3.31. The van der Waals surface area contributed by atoms with Crippen LogP contribution in [0, 0.1) is 23.1 Å². The summed E-state index contributed by atoms with van der Waals surface area (Å²) in [6.45, 7) is 5.19. The highest BCUT2D eigenvalue weighted by molar-refractivity contribution is 5.34. The summed E-state index contributed by atoms with van der Waals surface area (Å²) in [5.41, 5.74) is 1.18. The molecule has 0 saturated heterocycles. The van der Waals surface area contributed by atoms with E-state index in [1.807, 2.05) is 6.07 Å². The van der Waals surface area contributed by atoms with Crippen molar-refractivity contribution in [3.05, 3.63) is 35.1 Å². The maximum absolute atomic E-state index is 13.2. The maximum Gasteiger partial charge on any atom is 0.140 e. The minimum Gasteiger partial charge on any atom is -0.299 e. The van der Waals surface area contributed by atoms with Crippen molar-refractivity contribution >= 4 is 0 Å². The van der Waals surface area contributed by atoms with Crippen LogP contribution < -0.4 is 0 Å². The molecule has 0 aliphatic heterocycles. The van der Waals surface area contributed by atoms with E-state index in [9.17, 15) is 4.39 Å². The van der Waals surface area contributed by atoms with Crippen LogP contribution in [0.15, 0.2) is 18.2 Å². The third kappa shape index (κ3) is 3.54. The van der Waals surface area contributed by atoms with Crippen molar-refractivity contribution in [3.8, 4) is 6.07 Å². The van der Waals surface area contributed by atoms with Crippen molar-refractivity contribution in [1.29, 1.82) is 5.26 Å². The van der Waals surface area contributed by atoms with E-state index in [1.54, 1.807) is 12.1 Å². The van der Waals surface area contributed by atoms with Crippen LogP contribution in [-0.2, 0) is 6.54 Å². The van der Waals surface area contributed by atoms with E-state index in [1.165, 1.54) is 18.9 Å². The Morgan fingerprint density at radius 1 is 1.44 bits per heavy atom. The molecule has 0 bridgehead atoms. The minimum absolute atomic E-state index is 0.148. The van der Waals surface area contributed by atoms with Crippen molar-refractivity contribution in [1.82, 2.24) is 4.90 Å². The minimum atomic E-state index is -0.425. The summed E-state index contributed by atoms with van der Waals surface area (Å²) in [7, 11) is 0. The Morgan fingerprint density at radius 3 is 2.83 bits per heavy atom. The predicted octanol–water partition coefficient (Wildman–Crippen LogP) is 3.32. The lowest BCUT2D eigenvalue weighted by Crippen LogP contribution is -2.26. The zero-order valence-electron chi connectivity index (χ0n) is 10.8. The van der Waals surface area contributed by atoms with Gasteiger partial charge in [-0.25, -0.2) is 4.39 Å². The molecule has 3 heteroatoms. The van der Waals surface area contributed by atoms with E-state index in [-0.39, 0.29) is 5.56 Å². The Labute approximate surface area is 108 Å². The molecule has 2 rings (SSSR count). The van der Waals surface area contributed by atoms with Crippen LogP contribution in [0.3, 0.4) is 0 Å². The Kier molecular flexibility index (Phi) is 4.33. The molecule has 0 N–H and O–H groups in total. The molecule has 1 aromatic carbocycles. The van der Waals surface area contributed by atoms with Gasteiger partial charge in [0.2, 0.25) is 0 Å². The number of nitriles is 1. The van der Waals surface area contributed by atoms with Gasteiger partial charge in [-0.05, 0) is 49.4 Å². The van der Waals surface area contributed by atoms with Crippen molar-refractivity contribution in [2.75, 3.05) is 13.1 Å². The molecule has 18 heavy (non-hydrogen) atoms. The molecule has 1 aliphatic rings. The molecule has 1 aliphatic carbocycles. The van der Waals surface area contributed by atoms with Gasteiger partial charge in [0.15, 0.2) is 0 Å². The highest BCUT2D eigenvalue weighted by Gasteiger charge is 2.24. The fourth-order valence-corrected chi connectivity index (χ4v) is 2.23. The molecule has 0 heterocycles. The largest absolute Gasteiger partial charge is 0.299 e. The van der Waals surface area contributed by atoms with Gasteiger partial charge in [-0.3, -0.25) is 4.90 Å². The first-order valence-corrected chi connectivity index (χ1v) is 6.63. The van der Waals surface area contributed by atoms with Gasteiger partial charge in [-0.15, -0.1) is 0 Å². The molecule has 1 saturated carbocycles. The topological polar surface area (TPSA) is 27.0 Å². The van der Waals surface area contributed by atoms with Crippen LogP contribution in [0.5, 0.6) is 0 Å². The number of rotatable bonds is 6. The molecular formula is C15H19FN2. The number of nitrogens with zero attached hydrogens (tertiary/aromatic N) is 2. The number of benzene rings is 1. The Hall–Kier alpha value is -1.40. The molecule has 1 aromatic rings. The molecule has 0 radical (unpaired) electrons. The molecule has 0 spiro atoms. The average Bonchev–Trinajstić information content (AvgIpc) is 3.16. The van der Waals surface area contributed by atoms with E-state index in [4.69, 9.17) is 5.26 Å². The van der Waals surface area contributed by atoms with Crippen molar-refractivity contribution in [2.45, 2.75) is 32.7 Å². The van der Waals surface area contributed by atoms with Crippen LogP contribution in [0.25, 0.3) is 0 Å². The van der Waals surface area contributed by atoms with E-state index < -0.39 is 5.82 Å². The van der Waals surface area contributed by atoms with Gasteiger partial charge in [0.05, 0.1) is 5.56 Å². The standard InChI is InChI=1S/C15H19FN2/c1-2-7-18(10-12-3-4-12)11-13-5-6-15(16)14(8-13)9-17/h5-6,8,12H,2-4,7,10-11H2,1H3. The molecule has 0 atom stereocenters. The second kappa shape index (κ2) is 5.97. The van der Waals surface area contributed by atoms with Gasteiger partial charge >= 0.3 is 0 Å². The Balaban J connectivity index is 2.03. The fraction of sp³-hybridized carbons (Fsp3) is 0.533. The lowest BCUT2D eigenvalue weighted by atomic mass is 10.1. The summed E-state index contributed by atoms with van der Waals surface area (Å²) in [5.74, 6) is 0.429. The maximum atomic E-state index is 13.2. The second-order valence-electron chi connectivity index (χ2n) is 5.10. The zero-order chi connectivity index (χ0) is 13.0. The van der Waals surface area contributed by atoms with Crippen molar-refractivity contribution < 1.29 is 4.39 Å². The number of halogens is 1. The van der Waals surface area contributed by atoms with E-state index in [0.29, 0.717) is 0 Å². The summed E-state index contributed by atoms with van der Waals surface area (Å²) in [6.07, 6.45) is 3.80. The summed E-state index contributed by atoms with van der Waals surface area (Å²) >= 11 is 0. The summed E-state index contributed by atoms with van der Waals surface area (Å²) in [5, 5.41) is 8.83. The van der Waals surface area contributed by atoms with Gasteiger partial charge in [0.1, 0.15) is 11.9 Å². The van der Waals surface area contributed by atoms with Crippen LogP contribution in [-0.4, -0.2) is 18.0 Å². The van der Waals surface area contributed by atoms with Gasteiger partial charge in [0.25, 0.3) is 0 Å². The Morgan fingerprint density at radius 2 is 2.22 bits per heavy atom. The van der Waals surface area contributed by atoms with E-state index in [0.717, 1.165) is 37.5 Å². The van der Waals surface area contributed by atoms with E-state index in [2.05, 4.69) is 11.8 Å². The molecule has 2 nitrogen and oxygen atoms in total.